The summed E-state index contributed by atoms with van der Waals surface area (Å²) in [7, 11) is -3.52. The molecule has 132 valence electrons. The number of hydrogen-bond donors (Lipinski definition) is 3. The van der Waals surface area contributed by atoms with Crippen molar-refractivity contribution in [2.75, 3.05) is 13.1 Å². The van der Waals surface area contributed by atoms with Gasteiger partial charge in [0.1, 0.15) is 5.65 Å². The van der Waals surface area contributed by atoms with Crippen molar-refractivity contribution in [1.82, 2.24) is 14.7 Å². The Morgan fingerprint density at radius 2 is 1.92 bits per heavy atom. The first kappa shape index (κ1) is 17.6. The Bertz CT molecular complexity index is 976. The summed E-state index contributed by atoms with van der Waals surface area (Å²) in [5.41, 5.74) is 9.28. The number of H-pyrrole nitrogens is 1. The minimum atomic E-state index is -3.52. The fourth-order valence-electron chi connectivity index (χ4n) is 2.70. The van der Waals surface area contributed by atoms with E-state index in [0.717, 1.165) is 27.9 Å². The maximum absolute atomic E-state index is 12.1. The Morgan fingerprint density at radius 1 is 1.20 bits per heavy atom. The predicted octanol–water partition coefficient (Wildman–Crippen LogP) is 2.59. The summed E-state index contributed by atoms with van der Waals surface area (Å²) in [6, 6.07) is 10.9. The zero-order chi connectivity index (χ0) is 18.0. The highest BCUT2D eigenvalue weighted by molar-refractivity contribution is 7.89. The number of nitrogens with two attached hydrogens (primary N) is 1. The molecule has 3 aromatic rings. The zero-order valence-corrected chi connectivity index (χ0v) is 15.1. The molecule has 1 aromatic carbocycles. The standard InChI is InChI=1S/C18H22N4O2S/c1-12(2)17-11-16-15(7-9-20-18(16)22-17)13-3-5-14(6-4-13)25(23,24)21-10-8-19/h3-7,9,11-12,21H,8,10,19H2,1-2H3,(H,20,22). The van der Waals surface area contributed by atoms with Crippen LogP contribution in [0.2, 0.25) is 0 Å². The Morgan fingerprint density at radius 3 is 2.56 bits per heavy atom. The van der Waals surface area contributed by atoms with Crippen molar-refractivity contribution in [3.63, 3.8) is 0 Å². The number of aromatic amines is 1. The van der Waals surface area contributed by atoms with Crippen molar-refractivity contribution >= 4 is 21.1 Å². The summed E-state index contributed by atoms with van der Waals surface area (Å²) < 4.78 is 26.8. The van der Waals surface area contributed by atoms with E-state index in [2.05, 4.69) is 34.6 Å². The lowest BCUT2D eigenvalue weighted by atomic mass is 10.0. The molecule has 0 aliphatic rings. The van der Waals surface area contributed by atoms with E-state index in [9.17, 15) is 8.42 Å². The van der Waals surface area contributed by atoms with Crippen LogP contribution in [-0.2, 0) is 10.0 Å². The van der Waals surface area contributed by atoms with Gasteiger partial charge in [0.25, 0.3) is 0 Å². The molecule has 0 atom stereocenters. The molecule has 0 saturated carbocycles. The van der Waals surface area contributed by atoms with Gasteiger partial charge in [0.15, 0.2) is 0 Å². The Hall–Kier alpha value is -2.22. The molecule has 2 aromatic heterocycles. The number of sulfonamides is 1. The molecule has 0 amide bonds. The topological polar surface area (TPSA) is 101 Å². The average molecular weight is 358 g/mol. The molecule has 0 radical (unpaired) electrons. The Labute approximate surface area is 147 Å². The van der Waals surface area contributed by atoms with E-state index >= 15 is 0 Å². The number of hydrogen-bond acceptors (Lipinski definition) is 4. The molecule has 4 N–H and O–H groups in total. The smallest absolute Gasteiger partial charge is 0.240 e. The van der Waals surface area contributed by atoms with Gasteiger partial charge in [-0.1, -0.05) is 26.0 Å². The van der Waals surface area contributed by atoms with Gasteiger partial charge in [-0.25, -0.2) is 18.1 Å². The Balaban J connectivity index is 1.99. The van der Waals surface area contributed by atoms with Crippen LogP contribution >= 0.6 is 0 Å². The van der Waals surface area contributed by atoms with E-state index in [-0.39, 0.29) is 18.0 Å². The normalized spacial score (nSPS) is 12.2. The lowest BCUT2D eigenvalue weighted by molar-refractivity contribution is 0.582. The monoisotopic (exact) mass is 358 g/mol. The number of nitrogens with zero attached hydrogens (tertiary/aromatic N) is 1. The van der Waals surface area contributed by atoms with Crippen molar-refractivity contribution in [1.29, 1.82) is 0 Å². The van der Waals surface area contributed by atoms with Crippen LogP contribution in [0.15, 0.2) is 47.5 Å². The van der Waals surface area contributed by atoms with E-state index in [0.29, 0.717) is 5.92 Å². The van der Waals surface area contributed by atoms with Crippen LogP contribution < -0.4 is 10.5 Å². The third kappa shape index (κ3) is 3.58. The maximum Gasteiger partial charge on any atom is 0.240 e. The Kier molecular flexibility index (Phi) is 4.89. The van der Waals surface area contributed by atoms with Crippen LogP contribution in [0.1, 0.15) is 25.5 Å². The third-order valence-corrected chi connectivity index (χ3v) is 5.56. The number of rotatable bonds is 6. The molecule has 7 heteroatoms. The fraction of sp³-hybridized carbons (Fsp3) is 0.278. The summed E-state index contributed by atoms with van der Waals surface area (Å²) >= 11 is 0. The molecule has 2 heterocycles. The fourth-order valence-corrected chi connectivity index (χ4v) is 3.75. The van der Waals surface area contributed by atoms with Crippen LogP contribution in [-0.4, -0.2) is 31.5 Å². The lowest BCUT2D eigenvalue weighted by Gasteiger charge is -2.07. The lowest BCUT2D eigenvalue weighted by Crippen LogP contribution is -2.29. The quantitative estimate of drug-likeness (QED) is 0.630. The van der Waals surface area contributed by atoms with Gasteiger partial charge in [-0.15, -0.1) is 0 Å². The van der Waals surface area contributed by atoms with Gasteiger partial charge in [-0.2, -0.15) is 0 Å². The highest BCUT2D eigenvalue weighted by Gasteiger charge is 2.14. The number of nitrogens with one attached hydrogen (secondary N) is 2. The van der Waals surface area contributed by atoms with Crippen LogP contribution in [0.25, 0.3) is 22.2 Å². The molecular formula is C18H22N4O2S. The second-order valence-electron chi connectivity index (χ2n) is 6.21. The molecule has 0 bridgehead atoms. The molecule has 6 nitrogen and oxygen atoms in total. The number of benzene rings is 1. The molecule has 0 unspecified atom stereocenters. The molecule has 0 aliphatic heterocycles. The number of fused-ring (bicyclic) bond motifs is 1. The summed E-state index contributed by atoms with van der Waals surface area (Å²) in [5, 5.41) is 1.03. The van der Waals surface area contributed by atoms with Gasteiger partial charge in [0.05, 0.1) is 4.90 Å². The van der Waals surface area contributed by atoms with Crippen molar-refractivity contribution < 1.29 is 8.42 Å². The van der Waals surface area contributed by atoms with Crippen LogP contribution in [0.4, 0.5) is 0 Å². The van der Waals surface area contributed by atoms with E-state index in [1.54, 1.807) is 18.3 Å². The zero-order valence-electron chi connectivity index (χ0n) is 14.3. The molecule has 0 fully saturated rings. The summed E-state index contributed by atoms with van der Waals surface area (Å²) in [6.45, 7) is 4.73. The van der Waals surface area contributed by atoms with Gasteiger partial charge < -0.3 is 10.7 Å². The van der Waals surface area contributed by atoms with Gasteiger partial charge in [-0.05, 0) is 41.3 Å². The summed E-state index contributed by atoms with van der Waals surface area (Å²) in [4.78, 5) is 7.95. The van der Waals surface area contributed by atoms with E-state index in [4.69, 9.17) is 5.73 Å². The minimum Gasteiger partial charge on any atom is -0.343 e. The molecular weight excluding hydrogens is 336 g/mol. The average Bonchev–Trinajstić information content (AvgIpc) is 3.05. The molecule has 3 rings (SSSR count). The SMILES string of the molecule is CC(C)c1cc2c(-c3ccc(S(=O)(=O)NCCN)cc3)ccnc2[nH]1. The maximum atomic E-state index is 12.1. The first-order chi connectivity index (χ1) is 11.9. The van der Waals surface area contributed by atoms with Crippen LogP contribution in [0.3, 0.4) is 0 Å². The molecule has 25 heavy (non-hydrogen) atoms. The highest BCUT2D eigenvalue weighted by atomic mass is 32.2. The summed E-state index contributed by atoms with van der Waals surface area (Å²) in [6.07, 6.45) is 1.76. The van der Waals surface area contributed by atoms with Gasteiger partial charge in [0, 0.05) is 30.4 Å². The van der Waals surface area contributed by atoms with Crippen molar-refractivity contribution in [3.8, 4) is 11.1 Å². The molecule has 0 spiro atoms. The van der Waals surface area contributed by atoms with E-state index < -0.39 is 10.0 Å². The largest absolute Gasteiger partial charge is 0.343 e. The number of aromatic nitrogens is 2. The van der Waals surface area contributed by atoms with E-state index in [1.165, 1.54) is 0 Å². The number of pyridine rings is 1. The van der Waals surface area contributed by atoms with E-state index in [1.807, 2.05) is 18.2 Å². The molecule has 0 aliphatic carbocycles. The highest BCUT2D eigenvalue weighted by Crippen LogP contribution is 2.30. The van der Waals surface area contributed by atoms with Gasteiger partial charge in [0.2, 0.25) is 10.0 Å². The summed E-state index contributed by atoms with van der Waals surface area (Å²) in [5.74, 6) is 0.378. The second-order valence-corrected chi connectivity index (χ2v) is 7.98. The first-order valence-corrected chi connectivity index (χ1v) is 9.68. The van der Waals surface area contributed by atoms with Crippen LogP contribution in [0.5, 0.6) is 0 Å². The third-order valence-electron chi connectivity index (χ3n) is 4.09. The van der Waals surface area contributed by atoms with Crippen LogP contribution in [0, 0.1) is 0 Å². The first-order valence-electron chi connectivity index (χ1n) is 8.20. The minimum absolute atomic E-state index is 0.219. The van der Waals surface area contributed by atoms with Gasteiger partial charge >= 0.3 is 0 Å². The van der Waals surface area contributed by atoms with Crippen molar-refractivity contribution in [2.24, 2.45) is 5.73 Å². The van der Waals surface area contributed by atoms with Crippen molar-refractivity contribution in [3.05, 3.63) is 48.3 Å². The second kappa shape index (κ2) is 6.95. The van der Waals surface area contributed by atoms with Gasteiger partial charge in [-0.3, -0.25) is 0 Å². The van der Waals surface area contributed by atoms with Crippen molar-refractivity contribution in [2.45, 2.75) is 24.7 Å². The molecule has 0 saturated heterocycles. The predicted molar refractivity (Wildman–Crippen MR) is 99.9 cm³/mol.